The van der Waals surface area contributed by atoms with Crippen LogP contribution < -0.4 is 0 Å². The van der Waals surface area contributed by atoms with E-state index in [1.54, 1.807) is 13.0 Å². The van der Waals surface area contributed by atoms with Crippen LogP contribution in [0.25, 0.3) is 10.9 Å². The number of aromatic amines is 1. The van der Waals surface area contributed by atoms with E-state index >= 15 is 0 Å². The Hall–Kier alpha value is -1.83. The first kappa shape index (κ1) is 24.8. The van der Waals surface area contributed by atoms with Crippen LogP contribution in [-0.4, -0.2) is 53.9 Å². The molecule has 1 aliphatic carbocycles. The number of ether oxygens (including phenoxy) is 1. The van der Waals surface area contributed by atoms with Crippen LogP contribution in [0.4, 0.5) is 13.2 Å². The zero-order valence-electron chi connectivity index (χ0n) is 20.7. The minimum Gasteiger partial charge on any atom is -0.389 e. The maximum Gasteiger partial charge on any atom is 0.416 e. The molecule has 0 spiro atoms. The van der Waals surface area contributed by atoms with Gasteiger partial charge in [-0.05, 0) is 99.0 Å². The SMILES string of the molecule is CC(O)/C=C/C1(CCN2CC[C@@H]3Cc4[nH]c5ccc(C(F)(F)F)cc5c4[C@H](C)C3C2)CCOCC1. The zero-order chi connectivity index (χ0) is 24.8. The largest absolute Gasteiger partial charge is 0.416 e. The second kappa shape index (κ2) is 9.56. The van der Waals surface area contributed by atoms with Crippen molar-refractivity contribution in [3.8, 4) is 0 Å². The van der Waals surface area contributed by atoms with E-state index in [1.165, 1.54) is 12.1 Å². The Kier molecular flexibility index (Phi) is 6.79. The van der Waals surface area contributed by atoms with Crippen molar-refractivity contribution in [3.05, 3.63) is 47.2 Å². The van der Waals surface area contributed by atoms with Gasteiger partial charge in [0.25, 0.3) is 0 Å². The van der Waals surface area contributed by atoms with Crippen molar-refractivity contribution in [2.24, 2.45) is 17.3 Å². The Morgan fingerprint density at radius 1 is 1.29 bits per heavy atom. The number of H-pyrrole nitrogens is 1. The number of likely N-dealkylation sites (tertiary alicyclic amines) is 1. The molecular weight excluding hydrogens is 453 g/mol. The molecule has 3 heterocycles. The molecule has 1 aromatic carbocycles. The molecule has 2 unspecified atom stereocenters. The average Bonchev–Trinajstić information content (AvgIpc) is 3.20. The second-order valence-corrected chi connectivity index (χ2v) is 11.1. The van der Waals surface area contributed by atoms with Gasteiger partial charge in [0, 0.05) is 36.4 Å². The second-order valence-electron chi connectivity index (χ2n) is 11.1. The van der Waals surface area contributed by atoms with Crippen LogP contribution in [0.3, 0.4) is 0 Å². The van der Waals surface area contributed by atoms with Gasteiger partial charge in [-0.15, -0.1) is 0 Å². The van der Waals surface area contributed by atoms with Crippen molar-refractivity contribution in [2.45, 2.75) is 64.1 Å². The lowest BCUT2D eigenvalue weighted by molar-refractivity contribution is -0.137. The molecular formula is C28H37F3N2O2. The lowest BCUT2D eigenvalue weighted by Gasteiger charge is -2.45. The molecule has 0 radical (unpaired) electrons. The topological polar surface area (TPSA) is 48.5 Å². The molecule has 0 amide bonds. The number of halogens is 3. The van der Waals surface area contributed by atoms with Crippen LogP contribution >= 0.6 is 0 Å². The predicted molar refractivity (Wildman–Crippen MR) is 131 cm³/mol. The quantitative estimate of drug-likeness (QED) is 0.513. The van der Waals surface area contributed by atoms with Gasteiger partial charge in [-0.3, -0.25) is 0 Å². The van der Waals surface area contributed by atoms with E-state index in [2.05, 4.69) is 22.9 Å². The third-order valence-electron chi connectivity index (χ3n) is 8.85. The molecule has 1 aromatic heterocycles. The smallest absolute Gasteiger partial charge is 0.389 e. The number of alkyl halides is 3. The molecule has 2 aliphatic heterocycles. The van der Waals surface area contributed by atoms with E-state index in [-0.39, 0.29) is 11.3 Å². The van der Waals surface area contributed by atoms with E-state index in [9.17, 15) is 18.3 Å². The Bertz CT molecular complexity index is 1070. The van der Waals surface area contributed by atoms with Crippen LogP contribution in [-0.2, 0) is 17.3 Å². The Balaban J connectivity index is 1.32. The van der Waals surface area contributed by atoms with Gasteiger partial charge in [0.1, 0.15) is 0 Å². The highest BCUT2D eigenvalue weighted by Crippen LogP contribution is 2.47. The molecule has 2 aromatic rings. The van der Waals surface area contributed by atoms with Crippen LogP contribution in [0.2, 0.25) is 0 Å². The van der Waals surface area contributed by atoms with Gasteiger partial charge >= 0.3 is 6.18 Å². The minimum absolute atomic E-state index is 0.0717. The first-order valence-electron chi connectivity index (χ1n) is 13.0. The first-order chi connectivity index (χ1) is 16.7. The number of benzene rings is 1. The Morgan fingerprint density at radius 3 is 2.77 bits per heavy atom. The van der Waals surface area contributed by atoms with Gasteiger partial charge in [0.2, 0.25) is 0 Å². The summed E-state index contributed by atoms with van der Waals surface area (Å²) < 4.78 is 45.8. The molecule has 35 heavy (non-hydrogen) atoms. The van der Waals surface area contributed by atoms with Gasteiger partial charge in [0.05, 0.1) is 11.7 Å². The number of rotatable bonds is 5. The molecule has 0 saturated carbocycles. The van der Waals surface area contributed by atoms with Crippen LogP contribution in [0.5, 0.6) is 0 Å². The van der Waals surface area contributed by atoms with Crippen molar-refractivity contribution in [1.29, 1.82) is 0 Å². The van der Waals surface area contributed by atoms with Crippen molar-refractivity contribution < 1.29 is 23.0 Å². The summed E-state index contributed by atoms with van der Waals surface area (Å²) in [6.07, 6.45) is 4.39. The van der Waals surface area contributed by atoms with Gasteiger partial charge in [-0.1, -0.05) is 19.1 Å². The third-order valence-corrected chi connectivity index (χ3v) is 8.85. The average molecular weight is 491 g/mol. The molecule has 5 rings (SSSR count). The Labute approximate surface area is 205 Å². The maximum absolute atomic E-state index is 13.4. The number of piperidine rings is 1. The summed E-state index contributed by atoms with van der Waals surface area (Å²) in [5, 5.41) is 10.5. The molecule has 2 saturated heterocycles. The monoisotopic (exact) mass is 490 g/mol. The molecule has 2 N–H and O–H groups in total. The van der Waals surface area contributed by atoms with E-state index in [0.29, 0.717) is 11.8 Å². The fourth-order valence-corrected chi connectivity index (χ4v) is 6.73. The number of hydrogen-bond donors (Lipinski definition) is 2. The number of aromatic nitrogens is 1. The summed E-state index contributed by atoms with van der Waals surface area (Å²) in [4.78, 5) is 6.01. The number of nitrogens with zero attached hydrogens (tertiary/aromatic N) is 1. The molecule has 4 nitrogen and oxygen atoms in total. The minimum atomic E-state index is -4.33. The zero-order valence-corrected chi connectivity index (χ0v) is 20.7. The molecule has 0 bridgehead atoms. The number of allylic oxidation sites excluding steroid dienone is 1. The molecule has 4 atom stereocenters. The lowest BCUT2D eigenvalue weighted by Crippen LogP contribution is -2.46. The first-order valence-corrected chi connectivity index (χ1v) is 13.0. The van der Waals surface area contributed by atoms with Gasteiger partial charge in [-0.25, -0.2) is 0 Å². The summed E-state index contributed by atoms with van der Waals surface area (Å²) >= 11 is 0. The van der Waals surface area contributed by atoms with Gasteiger partial charge in [0.15, 0.2) is 0 Å². The number of hydrogen-bond acceptors (Lipinski definition) is 3. The fourth-order valence-electron chi connectivity index (χ4n) is 6.73. The highest BCUT2D eigenvalue weighted by molar-refractivity contribution is 5.86. The van der Waals surface area contributed by atoms with Crippen LogP contribution in [0, 0.1) is 17.3 Å². The summed E-state index contributed by atoms with van der Waals surface area (Å²) in [5.74, 6) is 1.23. The van der Waals surface area contributed by atoms with Crippen LogP contribution in [0.1, 0.15) is 62.3 Å². The molecule has 7 heteroatoms. The van der Waals surface area contributed by atoms with Crippen LogP contribution in [0.15, 0.2) is 30.4 Å². The molecule has 3 aliphatic rings. The number of aliphatic hydroxyl groups excluding tert-OH is 1. The summed E-state index contributed by atoms with van der Waals surface area (Å²) in [7, 11) is 0. The summed E-state index contributed by atoms with van der Waals surface area (Å²) in [6, 6.07) is 4.11. The van der Waals surface area contributed by atoms with Gasteiger partial charge in [-0.2, -0.15) is 13.2 Å². The van der Waals surface area contributed by atoms with E-state index in [1.807, 2.05) is 6.08 Å². The summed E-state index contributed by atoms with van der Waals surface area (Å²) in [5.41, 5.74) is 2.54. The Morgan fingerprint density at radius 2 is 2.06 bits per heavy atom. The highest BCUT2D eigenvalue weighted by atomic mass is 19.4. The van der Waals surface area contributed by atoms with E-state index in [4.69, 9.17) is 4.74 Å². The van der Waals surface area contributed by atoms with Crippen molar-refractivity contribution in [2.75, 3.05) is 32.8 Å². The number of aliphatic hydroxyl groups is 1. The standard InChI is InChI=1S/C28H37F3N2O2/c1-18(34)5-7-27(9-13-35-14-10-27)8-12-33-11-6-20-15-25-26(19(2)23(20)17-33)22-16-21(28(29,30)31)3-4-24(22)32-25/h3-5,7,16,18-20,23,32,34H,6,8-15,17H2,1-2H3/b7-5+/t18?,19-,20-,23?/m1/s1. The summed E-state index contributed by atoms with van der Waals surface area (Å²) in [6.45, 7) is 8.56. The molecule has 2 fully saturated rings. The molecule has 192 valence electrons. The van der Waals surface area contributed by atoms with Crippen molar-refractivity contribution in [3.63, 3.8) is 0 Å². The number of nitrogens with one attached hydrogen (secondary N) is 1. The van der Waals surface area contributed by atoms with Gasteiger partial charge < -0.3 is 19.7 Å². The third kappa shape index (κ3) is 5.05. The van der Waals surface area contributed by atoms with E-state index < -0.39 is 17.8 Å². The lowest BCUT2D eigenvalue weighted by atomic mass is 9.68. The fraction of sp³-hybridized carbons (Fsp3) is 0.643. The number of fused-ring (bicyclic) bond motifs is 4. The van der Waals surface area contributed by atoms with Crippen molar-refractivity contribution >= 4 is 10.9 Å². The van der Waals surface area contributed by atoms with Crippen molar-refractivity contribution in [1.82, 2.24) is 9.88 Å². The maximum atomic E-state index is 13.4. The predicted octanol–water partition coefficient (Wildman–Crippen LogP) is 5.91. The normalized spacial score (nSPS) is 28.2. The highest BCUT2D eigenvalue weighted by Gasteiger charge is 2.41. The van der Waals surface area contributed by atoms with E-state index in [0.717, 1.165) is 87.1 Å².